The minimum absolute atomic E-state index is 0.194. The van der Waals surface area contributed by atoms with Gasteiger partial charge >= 0.3 is 0 Å². The number of hydrogen-bond acceptors (Lipinski definition) is 4. The Hall–Kier alpha value is -0.160. The average molecular weight is 415 g/mol. The lowest BCUT2D eigenvalue weighted by molar-refractivity contribution is -0.565. The van der Waals surface area contributed by atoms with Gasteiger partial charge in [-0.3, -0.25) is 0 Å². The molecule has 3 atom stereocenters. The molecular formula is C25H50O4. The van der Waals surface area contributed by atoms with Crippen LogP contribution in [0.1, 0.15) is 127 Å². The van der Waals surface area contributed by atoms with Crippen molar-refractivity contribution in [3.05, 3.63) is 0 Å². The van der Waals surface area contributed by atoms with Gasteiger partial charge in [0.15, 0.2) is 0 Å². The highest BCUT2D eigenvalue weighted by Gasteiger charge is 2.51. The maximum Gasteiger partial charge on any atom is 0.237 e. The molecule has 0 amide bonds. The summed E-state index contributed by atoms with van der Waals surface area (Å²) in [6.45, 7) is 19.9. The third-order valence-corrected chi connectivity index (χ3v) is 7.66. The highest BCUT2D eigenvalue weighted by Crippen LogP contribution is 2.46. The standard InChI is InChI=1S/C25H50O4/c1-10-16-23(12-3,13-4)26-28-25(19-20(7)18-21(8)22(25)9)29-27-24(14-5,15-6)17-11-2/h20-22H,10-19H2,1-9H3. The van der Waals surface area contributed by atoms with Crippen molar-refractivity contribution in [2.45, 2.75) is 144 Å². The molecule has 4 nitrogen and oxygen atoms in total. The third-order valence-electron chi connectivity index (χ3n) is 7.66. The van der Waals surface area contributed by atoms with Gasteiger partial charge in [-0.15, -0.1) is 0 Å². The van der Waals surface area contributed by atoms with E-state index in [2.05, 4.69) is 62.3 Å². The van der Waals surface area contributed by atoms with E-state index >= 15 is 0 Å². The SMILES string of the molecule is CCCC(CC)(CC)OOC1(OOC(CC)(CC)CCC)CC(C)CC(C)C1C. The van der Waals surface area contributed by atoms with Gasteiger partial charge in [0.2, 0.25) is 5.79 Å². The first-order chi connectivity index (χ1) is 13.7. The number of hydrogen-bond donors (Lipinski definition) is 0. The summed E-state index contributed by atoms with van der Waals surface area (Å²) in [7, 11) is 0. The quantitative estimate of drug-likeness (QED) is 0.164. The molecule has 0 bridgehead atoms. The molecule has 29 heavy (non-hydrogen) atoms. The Bertz CT molecular complexity index is 416. The Morgan fingerprint density at radius 1 is 0.724 bits per heavy atom. The van der Waals surface area contributed by atoms with Gasteiger partial charge in [0.25, 0.3) is 0 Å². The van der Waals surface area contributed by atoms with E-state index in [0.29, 0.717) is 11.8 Å². The zero-order valence-corrected chi connectivity index (χ0v) is 20.9. The minimum atomic E-state index is -0.857. The Labute approximate surface area is 181 Å². The van der Waals surface area contributed by atoms with Crippen LogP contribution in [0.5, 0.6) is 0 Å². The van der Waals surface area contributed by atoms with Gasteiger partial charge in [-0.1, -0.05) is 75.2 Å². The molecule has 0 spiro atoms. The van der Waals surface area contributed by atoms with Crippen LogP contribution in [0.25, 0.3) is 0 Å². The van der Waals surface area contributed by atoms with E-state index < -0.39 is 5.79 Å². The molecule has 1 fully saturated rings. The van der Waals surface area contributed by atoms with Crippen LogP contribution in [-0.2, 0) is 19.6 Å². The number of rotatable bonds is 14. The van der Waals surface area contributed by atoms with Crippen molar-refractivity contribution in [3.63, 3.8) is 0 Å². The van der Waals surface area contributed by atoms with Crippen molar-refractivity contribution in [2.24, 2.45) is 17.8 Å². The predicted molar refractivity (Wildman–Crippen MR) is 120 cm³/mol. The lowest BCUT2D eigenvalue weighted by atomic mass is 9.72. The van der Waals surface area contributed by atoms with Crippen LogP contribution in [0.15, 0.2) is 0 Å². The molecule has 0 heterocycles. The van der Waals surface area contributed by atoms with E-state index in [9.17, 15) is 0 Å². The van der Waals surface area contributed by atoms with Crippen molar-refractivity contribution in [1.29, 1.82) is 0 Å². The van der Waals surface area contributed by atoms with E-state index in [-0.39, 0.29) is 17.1 Å². The Morgan fingerprint density at radius 3 is 1.48 bits per heavy atom. The lowest BCUT2D eigenvalue weighted by Gasteiger charge is -2.47. The molecule has 0 aromatic rings. The maximum absolute atomic E-state index is 6.34. The summed E-state index contributed by atoms with van der Waals surface area (Å²) in [6, 6.07) is 0. The molecule has 0 aromatic carbocycles. The normalized spacial score (nSPS) is 25.3. The van der Waals surface area contributed by atoms with Gasteiger partial charge in [0.05, 0.1) is 0 Å². The van der Waals surface area contributed by atoms with E-state index in [1.807, 2.05) is 0 Å². The molecule has 0 aliphatic heterocycles. The largest absolute Gasteiger partial charge is 0.237 e. The summed E-state index contributed by atoms with van der Waals surface area (Å²) in [4.78, 5) is 25.2. The van der Waals surface area contributed by atoms with E-state index in [1.54, 1.807) is 0 Å². The first-order valence-corrected chi connectivity index (χ1v) is 12.4. The summed E-state index contributed by atoms with van der Waals surface area (Å²) < 4.78 is 0. The molecule has 0 N–H and O–H groups in total. The Morgan fingerprint density at radius 2 is 1.14 bits per heavy atom. The van der Waals surface area contributed by atoms with Crippen molar-refractivity contribution in [2.75, 3.05) is 0 Å². The zero-order valence-electron chi connectivity index (χ0n) is 20.9. The fourth-order valence-corrected chi connectivity index (χ4v) is 5.02. The molecule has 1 rings (SSSR count). The second kappa shape index (κ2) is 12.0. The summed E-state index contributed by atoms with van der Waals surface area (Å²) >= 11 is 0. The minimum Gasteiger partial charge on any atom is -0.227 e. The summed E-state index contributed by atoms with van der Waals surface area (Å²) in [5.41, 5.74) is -0.518. The van der Waals surface area contributed by atoms with Gasteiger partial charge in [-0.2, -0.15) is 9.78 Å². The summed E-state index contributed by atoms with van der Waals surface area (Å²) in [5, 5.41) is 0. The second-order valence-corrected chi connectivity index (χ2v) is 9.74. The van der Waals surface area contributed by atoms with Crippen LogP contribution in [0.3, 0.4) is 0 Å². The molecule has 3 unspecified atom stereocenters. The van der Waals surface area contributed by atoms with Gasteiger partial charge in [0, 0.05) is 12.3 Å². The molecule has 0 aromatic heterocycles. The zero-order chi connectivity index (χ0) is 22.1. The molecular weight excluding hydrogens is 364 g/mol. The molecule has 174 valence electrons. The fourth-order valence-electron chi connectivity index (χ4n) is 5.02. The molecule has 0 saturated heterocycles. The highest BCUT2D eigenvalue weighted by atomic mass is 17.3. The van der Waals surface area contributed by atoms with E-state index in [0.717, 1.165) is 57.8 Å². The monoisotopic (exact) mass is 414 g/mol. The fraction of sp³-hybridized carbons (Fsp3) is 1.00. The lowest BCUT2D eigenvalue weighted by Crippen LogP contribution is -2.53. The van der Waals surface area contributed by atoms with Gasteiger partial charge < -0.3 is 0 Å². The van der Waals surface area contributed by atoms with Crippen molar-refractivity contribution >= 4 is 0 Å². The van der Waals surface area contributed by atoms with E-state index in [4.69, 9.17) is 19.6 Å². The smallest absolute Gasteiger partial charge is 0.227 e. The van der Waals surface area contributed by atoms with Crippen LogP contribution < -0.4 is 0 Å². The van der Waals surface area contributed by atoms with Gasteiger partial charge in [-0.25, -0.2) is 9.78 Å². The second-order valence-electron chi connectivity index (χ2n) is 9.74. The van der Waals surface area contributed by atoms with Crippen LogP contribution in [0.2, 0.25) is 0 Å². The molecule has 1 saturated carbocycles. The Kier molecular flexibility index (Phi) is 11.1. The highest BCUT2D eigenvalue weighted by molar-refractivity contribution is 4.88. The van der Waals surface area contributed by atoms with Crippen molar-refractivity contribution < 1.29 is 19.6 Å². The first-order valence-electron chi connectivity index (χ1n) is 12.4. The van der Waals surface area contributed by atoms with Crippen molar-refractivity contribution in [1.82, 2.24) is 0 Å². The maximum atomic E-state index is 6.34. The molecule has 4 heteroatoms. The molecule has 0 radical (unpaired) electrons. The van der Waals surface area contributed by atoms with Gasteiger partial charge in [-0.05, 0) is 56.8 Å². The average Bonchev–Trinajstić information content (AvgIpc) is 2.72. The molecule has 1 aliphatic carbocycles. The van der Waals surface area contributed by atoms with E-state index in [1.165, 1.54) is 6.42 Å². The van der Waals surface area contributed by atoms with Crippen molar-refractivity contribution in [3.8, 4) is 0 Å². The van der Waals surface area contributed by atoms with Gasteiger partial charge in [0.1, 0.15) is 11.2 Å². The van der Waals surface area contributed by atoms with Crippen LogP contribution in [0, 0.1) is 17.8 Å². The third kappa shape index (κ3) is 6.66. The predicted octanol–water partition coefficient (Wildman–Crippen LogP) is 8.00. The van der Waals surface area contributed by atoms with Crippen LogP contribution in [-0.4, -0.2) is 17.0 Å². The van der Waals surface area contributed by atoms with Crippen LogP contribution >= 0.6 is 0 Å². The summed E-state index contributed by atoms with van der Waals surface area (Å²) in [6.07, 6.45) is 9.80. The first kappa shape index (κ1) is 26.9. The van der Waals surface area contributed by atoms with Crippen LogP contribution in [0.4, 0.5) is 0 Å². The topological polar surface area (TPSA) is 36.9 Å². The Balaban J connectivity index is 3.12. The molecule has 1 aliphatic rings. The summed E-state index contributed by atoms with van der Waals surface area (Å²) in [5.74, 6) is 0.323.